The Kier molecular flexibility index (Phi) is 7.69. The van der Waals surface area contributed by atoms with Crippen molar-refractivity contribution in [1.29, 1.82) is 0 Å². The number of carboxylic acid groups (broad SMARTS) is 1. The molecule has 2 saturated heterocycles. The van der Waals surface area contributed by atoms with Crippen LogP contribution in [0.15, 0.2) is 36.5 Å². The second kappa shape index (κ2) is 11.1. The summed E-state index contributed by atoms with van der Waals surface area (Å²) in [6, 6.07) is 10.7. The van der Waals surface area contributed by atoms with Gasteiger partial charge in [0.15, 0.2) is 0 Å². The summed E-state index contributed by atoms with van der Waals surface area (Å²) in [6.45, 7) is 9.21. The Hall–Kier alpha value is -3.40. The topological polar surface area (TPSA) is 111 Å². The van der Waals surface area contributed by atoms with E-state index in [-0.39, 0.29) is 24.1 Å². The van der Waals surface area contributed by atoms with Crippen LogP contribution in [0.5, 0.6) is 0 Å². The lowest BCUT2D eigenvalue weighted by atomic mass is 9.96. The van der Waals surface area contributed by atoms with E-state index in [2.05, 4.69) is 65.2 Å². The number of nitrogens with zero attached hydrogens (tertiary/aromatic N) is 5. The fourth-order valence-corrected chi connectivity index (χ4v) is 5.42. The van der Waals surface area contributed by atoms with Crippen molar-refractivity contribution in [3.8, 4) is 0 Å². The smallest absolute Gasteiger partial charge is 0.415 e. The van der Waals surface area contributed by atoms with Gasteiger partial charge in [-0.2, -0.15) is 4.98 Å². The molecule has 10 heteroatoms. The maximum Gasteiger partial charge on any atom is 0.415 e. The molecule has 0 spiro atoms. The number of anilines is 2. The van der Waals surface area contributed by atoms with Gasteiger partial charge in [0.25, 0.3) is 0 Å². The summed E-state index contributed by atoms with van der Waals surface area (Å²) < 4.78 is 5.28. The number of carbonyl (C=O) groups is 2. The van der Waals surface area contributed by atoms with Crippen molar-refractivity contribution in [2.75, 3.05) is 43.0 Å². The molecular weight excluding hydrogens is 484 g/mol. The molecule has 1 aromatic carbocycles. The number of piperazine rings is 1. The minimum Gasteiger partial charge on any atom is -0.465 e. The van der Waals surface area contributed by atoms with Gasteiger partial charge in [0.05, 0.1) is 12.1 Å². The average molecular weight is 523 g/mol. The molecule has 1 aliphatic carbocycles. The van der Waals surface area contributed by atoms with Crippen LogP contribution in [0.1, 0.15) is 63.2 Å². The van der Waals surface area contributed by atoms with E-state index in [0.29, 0.717) is 37.5 Å². The van der Waals surface area contributed by atoms with Gasteiger partial charge in [-0.25, -0.2) is 14.6 Å². The van der Waals surface area contributed by atoms with E-state index in [1.54, 1.807) is 17.2 Å². The van der Waals surface area contributed by atoms with Crippen LogP contribution in [0.2, 0.25) is 0 Å². The third-order valence-electron chi connectivity index (χ3n) is 8.01. The number of amides is 2. The number of nitrogens with one attached hydrogen (secondary N) is 1. The molecule has 3 fully saturated rings. The van der Waals surface area contributed by atoms with Crippen LogP contribution < -0.4 is 10.2 Å². The zero-order valence-electron chi connectivity index (χ0n) is 22.4. The highest BCUT2D eigenvalue weighted by Gasteiger charge is 2.37. The van der Waals surface area contributed by atoms with Gasteiger partial charge in [-0.05, 0) is 42.4 Å². The summed E-state index contributed by atoms with van der Waals surface area (Å²) in [5.41, 5.74) is 2.39. The fraction of sp³-hybridized carbons (Fsp3) is 0.571. The molecule has 2 aliphatic heterocycles. The molecule has 2 aromatic rings. The van der Waals surface area contributed by atoms with Crippen molar-refractivity contribution in [3.63, 3.8) is 0 Å². The molecule has 1 saturated carbocycles. The Morgan fingerprint density at radius 1 is 1.08 bits per heavy atom. The predicted octanol–water partition coefficient (Wildman–Crippen LogP) is 4.77. The lowest BCUT2D eigenvalue weighted by Crippen LogP contribution is -2.49. The van der Waals surface area contributed by atoms with Crippen molar-refractivity contribution in [2.45, 2.75) is 58.2 Å². The summed E-state index contributed by atoms with van der Waals surface area (Å²) >= 11 is 0. The van der Waals surface area contributed by atoms with Gasteiger partial charge in [-0.3, -0.25) is 9.80 Å². The summed E-state index contributed by atoms with van der Waals surface area (Å²) in [7, 11) is 0. The zero-order chi connectivity index (χ0) is 26.8. The first-order valence-electron chi connectivity index (χ1n) is 13.7. The Bertz CT molecular complexity index is 1130. The van der Waals surface area contributed by atoms with Crippen molar-refractivity contribution >= 4 is 24.0 Å². The molecule has 2 N–H and O–H groups in total. The maximum atomic E-state index is 12.4. The minimum absolute atomic E-state index is 0.0354. The zero-order valence-corrected chi connectivity index (χ0v) is 22.4. The maximum absolute atomic E-state index is 12.4. The van der Waals surface area contributed by atoms with Crippen LogP contribution in [0.3, 0.4) is 0 Å². The number of rotatable bonds is 9. The van der Waals surface area contributed by atoms with Crippen molar-refractivity contribution in [2.24, 2.45) is 11.8 Å². The molecule has 5 rings (SSSR count). The normalized spacial score (nSPS) is 21.9. The Labute approximate surface area is 224 Å². The van der Waals surface area contributed by atoms with E-state index in [1.165, 1.54) is 23.3 Å². The Morgan fingerprint density at radius 3 is 2.39 bits per heavy atom. The highest BCUT2D eigenvalue weighted by molar-refractivity contribution is 5.89. The monoisotopic (exact) mass is 522 g/mol. The molecule has 3 heterocycles. The van der Waals surface area contributed by atoms with Crippen LogP contribution in [0, 0.1) is 11.8 Å². The van der Waals surface area contributed by atoms with Crippen LogP contribution >= 0.6 is 0 Å². The third kappa shape index (κ3) is 5.85. The molecule has 3 aliphatic rings. The lowest BCUT2D eigenvalue weighted by molar-refractivity contribution is 0.0805. The van der Waals surface area contributed by atoms with Crippen molar-refractivity contribution in [3.05, 3.63) is 47.7 Å². The summed E-state index contributed by atoms with van der Waals surface area (Å²) in [5.74, 6) is 2.02. The predicted molar refractivity (Wildman–Crippen MR) is 144 cm³/mol. The molecule has 1 unspecified atom stereocenters. The second-order valence-electron chi connectivity index (χ2n) is 11.0. The molecule has 38 heavy (non-hydrogen) atoms. The van der Waals surface area contributed by atoms with Crippen LogP contribution in [-0.2, 0) is 4.74 Å². The quantitative estimate of drug-likeness (QED) is 0.485. The summed E-state index contributed by atoms with van der Waals surface area (Å²) in [6.07, 6.45) is 4.16. The van der Waals surface area contributed by atoms with Crippen molar-refractivity contribution < 1.29 is 19.4 Å². The number of cyclic esters (lactones) is 1. The van der Waals surface area contributed by atoms with Gasteiger partial charge in [-0.15, -0.1) is 0 Å². The first-order valence-corrected chi connectivity index (χ1v) is 13.7. The summed E-state index contributed by atoms with van der Waals surface area (Å²) in [4.78, 5) is 38.3. The largest absolute Gasteiger partial charge is 0.465 e. The first-order chi connectivity index (χ1) is 18.3. The van der Waals surface area contributed by atoms with Gasteiger partial charge in [0.1, 0.15) is 12.4 Å². The van der Waals surface area contributed by atoms with E-state index in [0.717, 1.165) is 31.0 Å². The molecule has 0 bridgehead atoms. The van der Waals surface area contributed by atoms with Crippen LogP contribution in [-0.4, -0.2) is 75.9 Å². The first kappa shape index (κ1) is 26.2. The lowest BCUT2D eigenvalue weighted by Gasteiger charge is -2.38. The minimum atomic E-state index is -0.830. The number of carbonyl (C=O) groups excluding carboxylic acids is 1. The molecular formula is C28H38N6O4. The van der Waals surface area contributed by atoms with E-state index < -0.39 is 6.09 Å². The van der Waals surface area contributed by atoms with E-state index in [1.807, 2.05) is 0 Å². The van der Waals surface area contributed by atoms with Crippen LogP contribution in [0.4, 0.5) is 21.4 Å². The molecule has 2 amide bonds. The SMILES string of the molecule is CC(C)[C@H]1COC(=O)N1c1ccnc(N[C@@H](C)c2ccc(C(CC3CC3)N3CCN(C(=O)O)CC3)cc2)n1. The van der Waals surface area contributed by atoms with Gasteiger partial charge in [-0.1, -0.05) is 51.0 Å². The molecule has 1 aromatic heterocycles. The Morgan fingerprint density at radius 2 is 1.76 bits per heavy atom. The standard InChI is InChI=1S/C28H38N6O4/c1-18(2)24-17-38-28(37)34(24)25-10-11-29-26(31-25)30-19(3)21-6-8-22(9-7-21)23(16-20-4-5-20)32-12-14-33(15-13-32)27(35)36/h6-11,18-20,23-24H,4-5,12-17H2,1-3H3,(H,35,36)(H,29,30,31)/t19-,23?,24+/m0/s1. The number of ether oxygens (including phenoxy) is 1. The third-order valence-corrected chi connectivity index (χ3v) is 8.01. The molecule has 0 radical (unpaired) electrons. The van der Waals surface area contributed by atoms with E-state index in [9.17, 15) is 14.7 Å². The van der Waals surface area contributed by atoms with Gasteiger partial charge in [0, 0.05) is 38.4 Å². The Balaban J connectivity index is 1.26. The van der Waals surface area contributed by atoms with Gasteiger partial charge >= 0.3 is 12.2 Å². The average Bonchev–Trinajstić information content (AvgIpc) is 3.65. The highest BCUT2D eigenvalue weighted by Crippen LogP contribution is 2.40. The number of aromatic nitrogens is 2. The highest BCUT2D eigenvalue weighted by atomic mass is 16.6. The molecule has 10 nitrogen and oxygen atoms in total. The summed E-state index contributed by atoms with van der Waals surface area (Å²) in [5, 5.41) is 12.7. The molecule has 3 atom stereocenters. The number of hydrogen-bond acceptors (Lipinski definition) is 7. The number of benzene rings is 1. The van der Waals surface area contributed by atoms with Crippen LogP contribution in [0.25, 0.3) is 0 Å². The molecule has 204 valence electrons. The van der Waals surface area contributed by atoms with Gasteiger partial charge < -0.3 is 20.1 Å². The second-order valence-corrected chi connectivity index (χ2v) is 11.0. The fourth-order valence-electron chi connectivity index (χ4n) is 5.42. The van der Waals surface area contributed by atoms with Gasteiger partial charge in [0.2, 0.25) is 5.95 Å². The van der Waals surface area contributed by atoms with E-state index in [4.69, 9.17) is 4.74 Å². The number of hydrogen-bond donors (Lipinski definition) is 2. The van der Waals surface area contributed by atoms with E-state index >= 15 is 0 Å². The van der Waals surface area contributed by atoms with Crippen molar-refractivity contribution in [1.82, 2.24) is 19.8 Å².